The molecule has 2 amide bonds. The SMILES string of the molecule is Cc1ccc(C(=O)N[C@H](C)c2nnc(SCC(=O)Nc3ccccc3C)n2C)cc1. The number of carbonyl (C=O) groups is 2. The van der Waals surface area contributed by atoms with E-state index in [2.05, 4.69) is 20.8 Å². The number of hydrogen-bond acceptors (Lipinski definition) is 5. The van der Waals surface area contributed by atoms with E-state index in [0.717, 1.165) is 16.8 Å². The van der Waals surface area contributed by atoms with Gasteiger partial charge in [0.15, 0.2) is 11.0 Å². The number of benzene rings is 2. The van der Waals surface area contributed by atoms with Gasteiger partial charge < -0.3 is 15.2 Å². The Labute approximate surface area is 180 Å². The number of thioether (sulfide) groups is 1. The van der Waals surface area contributed by atoms with Crippen molar-refractivity contribution >= 4 is 29.3 Å². The summed E-state index contributed by atoms with van der Waals surface area (Å²) in [5, 5.41) is 14.8. The zero-order chi connectivity index (χ0) is 21.7. The molecule has 0 aliphatic heterocycles. The van der Waals surface area contributed by atoms with Crippen molar-refractivity contribution in [3.63, 3.8) is 0 Å². The summed E-state index contributed by atoms with van der Waals surface area (Å²) in [6.07, 6.45) is 0. The summed E-state index contributed by atoms with van der Waals surface area (Å²) < 4.78 is 1.80. The second-order valence-corrected chi connectivity index (χ2v) is 8.06. The predicted molar refractivity (Wildman–Crippen MR) is 119 cm³/mol. The number of nitrogens with one attached hydrogen (secondary N) is 2. The molecule has 1 atom stereocenters. The lowest BCUT2D eigenvalue weighted by atomic mass is 10.1. The topological polar surface area (TPSA) is 88.9 Å². The van der Waals surface area contributed by atoms with Crippen molar-refractivity contribution in [3.8, 4) is 0 Å². The predicted octanol–water partition coefficient (Wildman–Crippen LogP) is 3.65. The molecule has 156 valence electrons. The lowest BCUT2D eigenvalue weighted by Crippen LogP contribution is -2.28. The minimum Gasteiger partial charge on any atom is -0.342 e. The van der Waals surface area contributed by atoms with Crippen LogP contribution in [0.4, 0.5) is 5.69 Å². The van der Waals surface area contributed by atoms with Gasteiger partial charge in [0.2, 0.25) is 5.91 Å². The highest BCUT2D eigenvalue weighted by atomic mass is 32.2. The molecule has 0 aliphatic carbocycles. The Morgan fingerprint density at radius 2 is 1.77 bits per heavy atom. The zero-order valence-electron chi connectivity index (χ0n) is 17.5. The fraction of sp³-hybridized carbons (Fsp3) is 0.273. The van der Waals surface area contributed by atoms with E-state index in [9.17, 15) is 9.59 Å². The number of hydrogen-bond donors (Lipinski definition) is 2. The number of anilines is 1. The zero-order valence-corrected chi connectivity index (χ0v) is 18.3. The van der Waals surface area contributed by atoms with Crippen molar-refractivity contribution in [2.75, 3.05) is 11.1 Å². The number of nitrogens with zero attached hydrogens (tertiary/aromatic N) is 3. The molecule has 0 bridgehead atoms. The Morgan fingerprint density at radius 1 is 1.07 bits per heavy atom. The Kier molecular flexibility index (Phi) is 6.89. The van der Waals surface area contributed by atoms with E-state index in [0.29, 0.717) is 16.5 Å². The summed E-state index contributed by atoms with van der Waals surface area (Å²) in [6.45, 7) is 5.78. The van der Waals surface area contributed by atoms with Crippen molar-refractivity contribution < 1.29 is 9.59 Å². The number of amides is 2. The molecule has 8 heteroatoms. The average molecular weight is 424 g/mol. The first-order valence-electron chi connectivity index (χ1n) is 9.60. The fourth-order valence-corrected chi connectivity index (χ4v) is 3.63. The molecular weight excluding hydrogens is 398 g/mol. The molecule has 0 saturated heterocycles. The van der Waals surface area contributed by atoms with Crippen LogP contribution in [0.25, 0.3) is 0 Å². The minimum absolute atomic E-state index is 0.112. The summed E-state index contributed by atoms with van der Waals surface area (Å²) >= 11 is 1.30. The van der Waals surface area contributed by atoms with Gasteiger partial charge in [-0.1, -0.05) is 47.7 Å². The molecule has 1 aromatic heterocycles. The maximum atomic E-state index is 12.4. The Hall–Kier alpha value is -3.13. The third-order valence-corrected chi connectivity index (χ3v) is 5.69. The first-order chi connectivity index (χ1) is 14.3. The van der Waals surface area contributed by atoms with Gasteiger partial charge in [-0.15, -0.1) is 10.2 Å². The van der Waals surface area contributed by atoms with Crippen molar-refractivity contribution in [1.82, 2.24) is 20.1 Å². The lowest BCUT2D eigenvalue weighted by Gasteiger charge is -2.14. The molecule has 1 heterocycles. The molecule has 2 N–H and O–H groups in total. The van der Waals surface area contributed by atoms with Gasteiger partial charge in [-0.25, -0.2) is 0 Å². The van der Waals surface area contributed by atoms with Crippen LogP contribution in [0.2, 0.25) is 0 Å². The summed E-state index contributed by atoms with van der Waals surface area (Å²) in [4.78, 5) is 24.7. The van der Waals surface area contributed by atoms with Gasteiger partial charge in [-0.2, -0.15) is 0 Å². The molecule has 0 saturated carbocycles. The summed E-state index contributed by atoms with van der Waals surface area (Å²) in [7, 11) is 1.82. The Morgan fingerprint density at radius 3 is 2.47 bits per heavy atom. The smallest absolute Gasteiger partial charge is 0.251 e. The average Bonchev–Trinajstić information content (AvgIpc) is 3.09. The molecule has 3 rings (SSSR count). The van der Waals surface area contributed by atoms with Crippen LogP contribution in [0, 0.1) is 13.8 Å². The summed E-state index contributed by atoms with van der Waals surface area (Å²) in [6, 6.07) is 14.7. The van der Waals surface area contributed by atoms with Crippen LogP contribution in [0.5, 0.6) is 0 Å². The first-order valence-corrected chi connectivity index (χ1v) is 10.6. The Balaban J connectivity index is 1.58. The number of para-hydroxylation sites is 1. The van der Waals surface area contributed by atoms with Crippen molar-refractivity contribution in [1.29, 1.82) is 0 Å². The van der Waals surface area contributed by atoms with E-state index >= 15 is 0 Å². The molecule has 7 nitrogen and oxygen atoms in total. The molecule has 0 spiro atoms. The van der Waals surface area contributed by atoms with Gasteiger partial charge in [0.1, 0.15) is 0 Å². The summed E-state index contributed by atoms with van der Waals surface area (Å²) in [5.74, 6) is 0.555. The van der Waals surface area contributed by atoms with E-state index < -0.39 is 0 Å². The van der Waals surface area contributed by atoms with Crippen molar-refractivity contribution in [2.24, 2.45) is 7.05 Å². The van der Waals surface area contributed by atoms with E-state index in [1.807, 2.05) is 64.2 Å². The monoisotopic (exact) mass is 423 g/mol. The van der Waals surface area contributed by atoms with Crippen LogP contribution in [0.3, 0.4) is 0 Å². The minimum atomic E-state index is -0.327. The van der Waals surface area contributed by atoms with Gasteiger partial charge in [0.25, 0.3) is 5.91 Å². The normalized spacial score (nSPS) is 11.7. The molecule has 30 heavy (non-hydrogen) atoms. The quantitative estimate of drug-likeness (QED) is 0.566. The second-order valence-electron chi connectivity index (χ2n) is 7.11. The number of aryl methyl sites for hydroxylation is 2. The van der Waals surface area contributed by atoms with Crippen LogP contribution < -0.4 is 10.6 Å². The molecule has 0 aliphatic rings. The highest BCUT2D eigenvalue weighted by Gasteiger charge is 2.19. The molecular formula is C22H25N5O2S. The lowest BCUT2D eigenvalue weighted by molar-refractivity contribution is -0.113. The molecule has 0 unspecified atom stereocenters. The maximum absolute atomic E-state index is 12.4. The van der Waals surface area contributed by atoms with Gasteiger partial charge in [-0.05, 0) is 44.5 Å². The van der Waals surface area contributed by atoms with E-state index in [1.54, 1.807) is 16.7 Å². The number of carbonyl (C=O) groups excluding carboxylic acids is 2. The fourth-order valence-electron chi connectivity index (χ4n) is 2.91. The third-order valence-electron chi connectivity index (χ3n) is 4.67. The molecule has 0 radical (unpaired) electrons. The third kappa shape index (κ3) is 5.27. The van der Waals surface area contributed by atoms with E-state index in [4.69, 9.17) is 0 Å². The van der Waals surface area contributed by atoms with Crippen molar-refractivity contribution in [2.45, 2.75) is 32.0 Å². The van der Waals surface area contributed by atoms with Crippen LogP contribution in [0.15, 0.2) is 53.7 Å². The van der Waals surface area contributed by atoms with Crippen molar-refractivity contribution in [3.05, 3.63) is 71.0 Å². The first kappa shape index (κ1) is 21.6. The molecule has 3 aromatic rings. The summed E-state index contributed by atoms with van der Waals surface area (Å²) in [5.41, 5.74) is 3.50. The second kappa shape index (κ2) is 9.58. The number of rotatable bonds is 7. The maximum Gasteiger partial charge on any atom is 0.251 e. The van der Waals surface area contributed by atoms with Crippen LogP contribution in [0.1, 0.15) is 40.3 Å². The van der Waals surface area contributed by atoms with E-state index in [1.165, 1.54) is 11.8 Å². The molecule has 0 fully saturated rings. The van der Waals surface area contributed by atoms with E-state index in [-0.39, 0.29) is 23.6 Å². The molecule has 2 aromatic carbocycles. The van der Waals surface area contributed by atoms with Gasteiger partial charge in [0.05, 0.1) is 11.8 Å². The number of aromatic nitrogens is 3. The van der Waals surface area contributed by atoms with Crippen LogP contribution in [-0.4, -0.2) is 32.3 Å². The van der Waals surface area contributed by atoms with Crippen LogP contribution >= 0.6 is 11.8 Å². The van der Waals surface area contributed by atoms with Gasteiger partial charge in [-0.3, -0.25) is 9.59 Å². The largest absolute Gasteiger partial charge is 0.342 e. The highest BCUT2D eigenvalue weighted by Crippen LogP contribution is 2.20. The van der Waals surface area contributed by atoms with Gasteiger partial charge in [0, 0.05) is 18.3 Å². The van der Waals surface area contributed by atoms with Gasteiger partial charge >= 0.3 is 0 Å². The Bertz CT molecular complexity index is 1050. The highest BCUT2D eigenvalue weighted by molar-refractivity contribution is 7.99. The van der Waals surface area contributed by atoms with Crippen LogP contribution in [-0.2, 0) is 11.8 Å². The standard InChI is InChI=1S/C22H25N5O2S/c1-14-9-11-17(12-10-14)21(29)23-16(3)20-25-26-22(27(20)4)30-13-19(28)24-18-8-6-5-7-15(18)2/h5-12,16H,13H2,1-4H3,(H,23,29)(H,24,28)/t16-/m1/s1.